The van der Waals surface area contributed by atoms with E-state index in [2.05, 4.69) is 67.6 Å². The average molecular weight is 436 g/mol. The van der Waals surface area contributed by atoms with E-state index in [1.54, 1.807) is 10.4 Å². The Bertz CT molecular complexity index is 582. The van der Waals surface area contributed by atoms with Gasteiger partial charge >= 0.3 is 0 Å². The molecule has 0 saturated carbocycles. The summed E-state index contributed by atoms with van der Waals surface area (Å²) in [5.41, 5.74) is 0. The summed E-state index contributed by atoms with van der Waals surface area (Å²) < 4.78 is 0. The summed E-state index contributed by atoms with van der Waals surface area (Å²) in [4.78, 5) is 0. The van der Waals surface area contributed by atoms with E-state index in [0.717, 1.165) is 0 Å². The molecule has 1 radical (unpaired) electrons. The van der Waals surface area contributed by atoms with Crippen LogP contribution in [0.3, 0.4) is 0 Å². The van der Waals surface area contributed by atoms with Crippen molar-refractivity contribution < 1.29 is 0 Å². The average Bonchev–Trinajstić information content (AvgIpc) is 2.82. The fourth-order valence-electron chi connectivity index (χ4n) is 4.58. The van der Waals surface area contributed by atoms with Gasteiger partial charge in [0.25, 0.3) is 0 Å². The zero-order valence-corrected chi connectivity index (χ0v) is 21.3. The fourth-order valence-corrected chi connectivity index (χ4v) is 7.29. The van der Waals surface area contributed by atoms with Crippen molar-refractivity contribution in [3.63, 3.8) is 0 Å². The molecule has 0 N–H and O–H groups in total. The van der Waals surface area contributed by atoms with E-state index < -0.39 is 8.80 Å². The third-order valence-electron chi connectivity index (χ3n) is 6.52. The molecule has 31 heavy (non-hydrogen) atoms. The molecule has 0 heterocycles. The van der Waals surface area contributed by atoms with Crippen LogP contribution < -0.4 is 10.4 Å². The maximum Gasteiger partial charge on any atom is 0.121 e. The minimum atomic E-state index is -0.618. The Morgan fingerprint density at radius 1 is 0.419 bits per heavy atom. The molecule has 0 aromatic heterocycles. The quantitative estimate of drug-likeness (QED) is 0.153. The Morgan fingerprint density at radius 2 is 0.742 bits per heavy atom. The lowest BCUT2D eigenvalue weighted by molar-refractivity contribution is 0.531. The Kier molecular flexibility index (Phi) is 15.3. The molecular formula is C30H47Si. The van der Waals surface area contributed by atoms with E-state index in [9.17, 15) is 0 Å². The molecule has 0 aliphatic carbocycles. The molecule has 0 atom stereocenters. The fraction of sp³-hybridized carbons (Fsp3) is 0.600. The second kappa shape index (κ2) is 18.2. The van der Waals surface area contributed by atoms with Gasteiger partial charge in [-0.2, -0.15) is 0 Å². The maximum atomic E-state index is 2.34. The molecule has 0 amide bonds. The lowest BCUT2D eigenvalue weighted by Crippen LogP contribution is -2.41. The summed E-state index contributed by atoms with van der Waals surface area (Å²) in [6, 6.07) is 23.8. The lowest BCUT2D eigenvalue weighted by atomic mass is 10.0. The topological polar surface area (TPSA) is 0 Å². The van der Waals surface area contributed by atoms with Crippen molar-refractivity contribution in [2.75, 3.05) is 0 Å². The standard InChI is InChI=1S/C30H47Si/c1-2-3-4-5-6-7-8-9-10-11-12-13-14-15-16-23-28-31(29-24-19-17-20-25-29)30-26-21-18-22-27-30/h17-22,24-27H,2-16,23,28H2,1H3. The zero-order valence-electron chi connectivity index (χ0n) is 20.3. The van der Waals surface area contributed by atoms with Crippen molar-refractivity contribution in [2.45, 2.75) is 116 Å². The third kappa shape index (κ3) is 12.3. The number of hydrogen-bond donors (Lipinski definition) is 0. The van der Waals surface area contributed by atoms with E-state index in [0.29, 0.717) is 0 Å². The van der Waals surface area contributed by atoms with E-state index in [4.69, 9.17) is 0 Å². The normalized spacial score (nSPS) is 11.3. The van der Waals surface area contributed by atoms with Crippen molar-refractivity contribution in [3.8, 4) is 0 Å². The van der Waals surface area contributed by atoms with Crippen LogP contribution in [-0.2, 0) is 0 Å². The number of benzene rings is 2. The molecule has 0 nitrogen and oxygen atoms in total. The highest BCUT2D eigenvalue weighted by atomic mass is 28.3. The molecule has 1 heteroatoms. The second-order valence-electron chi connectivity index (χ2n) is 9.26. The molecule has 0 aliphatic rings. The molecule has 0 unspecified atom stereocenters. The summed E-state index contributed by atoms with van der Waals surface area (Å²) in [5, 5.41) is 3.14. The van der Waals surface area contributed by atoms with Gasteiger partial charge in [-0.25, -0.2) is 0 Å². The minimum Gasteiger partial charge on any atom is -0.0654 e. The van der Waals surface area contributed by atoms with Crippen LogP contribution in [0.5, 0.6) is 0 Å². The van der Waals surface area contributed by atoms with Crippen LogP contribution in [0.25, 0.3) is 0 Å². The molecule has 0 saturated heterocycles. The van der Waals surface area contributed by atoms with Crippen LogP contribution in [-0.4, -0.2) is 8.80 Å². The van der Waals surface area contributed by atoms with E-state index >= 15 is 0 Å². The number of hydrogen-bond acceptors (Lipinski definition) is 0. The molecule has 2 aromatic rings. The Hall–Kier alpha value is -1.34. The van der Waals surface area contributed by atoms with Gasteiger partial charge in [0.15, 0.2) is 0 Å². The highest BCUT2D eigenvalue weighted by Gasteiger charge is 2.15. The number of rotatable bonds is 19. The van der Waals surface area contributed by atoms with Crippen LogP contribution in [0, 0.1) is 0 Å². The summed E-state index contributed by atoms with van der Waals surface area (Å²) in [6.07, 6.45) is 23.1. The molecule has 171 valence electrons. The Morgan fingerprint density at radius 3 is 1.10 bits per heavy atom. The molecular weight excluding hydrogens is 388 g/mol. The van der Waals surface area contributed by atoms with Crippen LogP contribution in [0.2, 0.25) is 6.04 Å². The Labute approximate surface area is 195 Å². The summed E-state index contributed by atoms with van der Waals surface area (Å²) in [6.45, 7) is 2.30. The van der Waals surface area contributed by atoms with Crippen molar-refractivity contribution in [1.82, 2.24) is 0 Å². The van der Waals surface area contributed by atoms with E-state index in [1.807, 2.05) is 0 Å². The first-order valence-corrected chi connectivity index (χ1v) is 15.1. The van der Waals surface area contributed by atoms with Crippen LogP contribution >= 0.6 is 0 Å². The van der Waals surface area contributed by atoms with E-state index in [1.165, 1.54) is 109 Å². The van der Waals surface area contributed by atoms with Crippen LogP contribution in [0.1, 0.15) is 110 Å². The van der Waals surface area contributed by atoms with Gasteiger partial charge in [-0.15, -0.1) is 0 Å². The summed E-state index contributed by atoms with van der Waals surface area (Å²) in [7, 11) is -0.618. The molecule has 0 fully saturated rings. The largest absolute Gasteiger partial charge is 0.121 e. The minimum absolute atomic E-state index is 0.618. The monoisotopic (exact) mass is 435 g/mol. The molecule has 0 spiro atoms. The third-order valence-corrected chi connectivity index (χ3v) is 9.44. The van der Waals surface area contributed by atoms with Gasteiger partial charge in [0, 0.05) is 0 Å². The van der Waals surface area contributed by atoms with Crippen molar-refractivity contribution in [3.05, 3.63) is 60.7 Å². The predicted molar refractivity (Wildman–Crippen MR) is 142 cm³/mol. The Balaban J connectivity index is 1.46. The van der Waals surface area contributed by atoms with Crippen molar-refractivity contribution in [1.29, 1.82) is 0 Å². The highest BCUT2D eigenvalue weighted by Crippen LogP contribution is 2.14. The number of unbranched alkanes of at least 4 members (excludes halogenated alkanes) is 15. The second-order valence-corrected chi connectivity index (χ2v) is 11.9. The van der Waals surface area contributed by atoms with Crippen molar-refractivity contribution in [2.24, 2.45) is 0 Å². The predicted octanol–water partition coefficient (Wildman–Crippen LogP) is 8.56. The smallest absolute Gasteiger partial charge is 0.0654 e. The summed E-state index contributed by atoms with van der Waals surface area (Å²) >= 11 is 0. The van der Waals surface area contributed by atoms with Crippen LogP contribution in [0.15, 0.2) is 60.7 Å². The first kappa shape index (κ1) is 25.9. The van der Waals surface area contributed by atoms with Gasteiger partial charge in [0.2, 0.25) is 0 Å². The lowest BCUT2D eigenvalue weighted by Gasteiger charge is -2.16. The molecule has 2 aromatic carbocycles. The van der Waals surface area contributed by atoms with Gasteiger partial charge in [-0.1, -0.05) is 187 Å². The van der Waals surface area contributed by atoms with Crippen molar-refractivity contribution >= 4 is 19.2 Å². The van der Waals surface area contributed by atoms with E-state index in [-0.39, 0.29) is 0 Å². The molecule has 0 aliphatic heterocycles. The van der Waals surface area contributed by atoms with Gasteiger partial charge in [0.1, 0.15) is 8.80 Å². The summed E-state index contributed by atoms with van der Waals surface area (Å²) in [5.74, 6) is 0. The SMILES string of the molecule is CCCCCCCCCCCCCCCCCC[Si](c1ccccc1)c1ccccc1. The maximum absolute atomic E-state index is 2.34. The van der Waals surface area contributed by atoms with Gasteiger partial charge in [0.05, 0.1) is 0 Å². The zero-order chi connectivity index (χ0) is 21.8. The first-order valence-electron chi connectivity index (χ1n) is 13.4. The highest BCUT2D eigenvalue weighted by molar-refractivity contribution is 6.85. The van der Waals surface area contributed by atoms with Gasteiger partial charge in [-0.05, 0) is 0 Å². The van der Waals surface area contributed by atoms with Crippen LogP contribution in [0.4, 0.5) is 0 Å². The first-order chi connectivity index (χ1) is 15.4. The van der Waals surface area contributed by atoms with Gasteiger partial charge in [-0.3, -0.25) is 0 Å². The molecule has 2 rings (SSSR count). The molecule has 0 bridgehead atoms. The van der Waals surface area contributed by atoms with Gasteiger partial charge < -0.3 is 0 Å².